The lowest BCUT2D eigenvalue weighted by Gasteiger charge is -2.03. The molecule has 0 fully saturated rings. The van der Waals surface area contributed by atoms with E-state index in [2.05, 4.69) is 10.1 Å². The first-order chi connectivity index (χ1) is 7.77. The molecule has 82 valence electrons. The summed E-state index contributed by atoms with van der Waals surface area (Å²) < 4.78 is 1.48. The molecule has 0 bridgehead atoms. The molecular formula is C11H11N3O2. The van der Waals surface area contributed by atoms with Crippen molar-refractivity contribution in [3.8, 4) is 0 Å². The number of carboxylic acids is 1. The second-order valence-corrected chi connectivity index (χ2v) is 3.36. The van der Waals surface area contributed by atoms with Crippen LogP contribution in [0.5, 0.6) is 0 Å². The Balaban J connectivity index is 2.05. The Morgan fingerprint density at radius 3 is 2.94 bits per heavy atom. The van der Waals surface area contributed by atoms with E-state index in [0.29, 0.717) is 6.54 Å². The van der Waals surface area contributed by atoms with Crippen molar-refractivity contribution in [2.45, 2.75) is 13.0 Å². The smallest absolute Gasteiger partial charge is 0.354 e. The van der Waals surface area contributed by atoms with Gasteiger partial charge < -0.3 is 5.11 Å². The highest BCUT2D eigenvalue weighted by molar-refractivity contribution is 5.85. The fourth-order valence-electron chi connectivity index (χ4n) is 1.47. The zero-order valence-electron chi connectivity index (χ0n) is 8.58. The number of aryl methyl sites for hydroxylation is 2. The fraction of sp³-hybridized carbons (Fsp3) is 0.182. The van der Waals surface area contributed by atoms with Crippen molar-refractivity contribution in [3.63, 3.8) is 0 Å². The molecule has 0 amide bonds. The minimum absolute atomic E-state index is 0.212. The summed E-state index contributed by atoms with van der Waals surface area (Å²) in [5.41, 5.74) is 1.28. The van der Waals surface area contributed by atoms with Crippen LogP contribution in [-0.2, 0) is 13.0 Å². The molecule has 0 aliphatic heterocycles. The van der Waals surface area contributed by atoms with E-state index in [1.165, 1.54) is 16.9 Å². The summed E-state index contributed by atoms with van der Waals surface area (Å²) in [6.45, 7) is 0.542. The van der Waals surface area contributed by atoms with Crippen LogP contribution in [0.1, 0.15) is 16.1 Å². The summed E-state index contributed by atoms with van der Waals surface area (Å²) in [5, 5.41) is 12.8. The average Bonchev–Trinajstić information content (AvgIpc) is 2.76. The molecule has 0 aliphatic rings. The van der Waals surface area contributed by atoms with Crippen LogP contribution in [0, 0.1) is 0 Å². The van der Waals surface area contributed by atoms with Gasteiger partial charge in [0, 0.05) is 25.1 Å². The minimum atomic E-state index is -0.955. The van der Waals surface area contributed by atoms with Crippen molar-refractivity contribution in [3.05, 3.63) is 48.0 Å². The molecule has 0 spiro atoms. The molecule has 0 radical (unpaired) electrons. The minimum Gasteiger partial charge on any atom is -0.477 e. The Morgan fingerprint density at radius 1 is 1.38 bits per heavy atom. The monoisotopic (exact) mass is 217 g/mol. The molecule has 2 rings (SSSR count). The van der Waals surface area contributed by atoms with Crippen molar-refractivity contribution in [2.75, 3.05) is 0 Å². The van der Waals surface area contributed by atoms with Gasteiger partial charge in [0.1, 0.15) is 5.69 Å². The van der Waals surface area contributed by atoms with Gasteiger partial charge in [0.25, 0.3) is 0 Å². The number of hydrogen-bond acceptors (Lipinski definition) is 3. The number of aromatic carboxylic acids is 1. The molecule has 16 heavy (non-hydrogen) atoms. The largest absolute Gasteiger partial charge is 0.477 e. The van der Waals surface area contributed by atoms with Gasteiger partial charge >= 0.3 is 5.97 Å². The van der Waals surface area contributed by atoms with E-state index in [9.17, 15) is 4.79 Å². The molecule has 2 aromatic heterocycles. The van der Waals surface area contributed by atoms with Gasteiger partial charge in [0.05, 0.1) is 0 Å². The third-order valence-corrected chi connectivity index (χ3v) is 2.27. The van der Waals surface area contributed by atoms with Crippen molar-refractivity contribution in [1.82, 2.24) is 14.8 Å². The van der Waals surface area contributed by atoms with Crippen LogP contribution in [0.2, 0.25) is 0 Å². The number of nitrogens with zero attached hydrogens (tertiary/aromatic N) is 3. The van der Waals surface area contributed by atoms with Crippen LogP contribution in [0.15, 0.2) is 36.8 Å². The summed E-state index contributed by atoms with van der Waals surface area (Å²) in [7, 11) is 0. The zero-order chi connectivity index (χ0) is 11.4. The predicted octanol–water partition coefficient (Wildman–Crippen LogP) is 1.22. The van der Waals surface area contributed by atoms with Gasteiger partial charge in [0.2, 0.25) is 0 Å². The summed E-state index contributed by atoms with van der Waals surface area (Å²) in [6.07, 6.45) is 5.69. The maximum absolute atomic E-state index is 10.8. The summed E-state index contributed by atoms with van der Waals surface area (Å²) >= 11 is 0. The van der Waals surface area contributed by atoms with Gasteiger partial charge in [-0.25, -0.2) is 4.79 Å². The quantitative estimate of drug-likeness (QED) is 0.836. The Labute approximate surface area is 92.4 Å². The Hall–Kier alpha value is -2.17. The molecular weight excluding hydrogens is 206 g/mol. The first-order valence-corrected chi connectivity index (χ1v) is 4.91. The van der Waals surface area contributed by atoms with Gasteiger partial charge in [-0.3, -0.25) is 9.67 Å². The van der Waals surface area contributed by atoms with Gasteiger partial charge in [-0.2, -0.15) is 5.10 Å². The van der Waals surface area contributed by atoms with E-state index in [0.717, 1.165) is 12.0 Å². The van der Waals surface area contributed by atoms with Crippen LogP contribution in [0.25, 0.3) is 0 Å². The summed E-state index contributed by atoms with van der Waals surface area (Å²) in [4.78, 5) is 14.8. The standard InChI is InChI=1S/C11H11N3O2/c15-11(16)10-3-6-13-14(10)7-4-9-2-1-5-12-8-9/h1-3,5-6,8H,4,7H2,(H,15,16). The second-order valence-electron chi connectivity index (χ2n) is 3.36. The molecule has 0 unspecified atom stereocenters. The zero-order valence-corrected chi connectivity index (χ0v) is 8.58. The van der Waals surface area contributed by atoms with Crippen molar-refractivity contribution in [2.24, 2.45) is 0 Å². The Morgan fingerprint density at radius 2 is 2.25 bits per heavy atom. The number of carbonyl (C=O) groups is 1. The van der Waals surface area contributed by atoms with E-state index in [-0.39, 0.29) is 5.69 Å². The van der Waals surface area contributed by atoms with Crippen LogP contribution < -0.4 is 0 Å². The van der Waals surface area contributed by atoms with Crippen molar-refractivity contribution >= 4 is 5.97 Å². The Kier molecular flexibility index (Phi) is 2.95. The highest BCUT2D eigenvalue weighted by Crippen LogP contribution is 2.03. The van der Waals surface area contributed by atoms with Gasteiger partial charge in [-0.05, 0) is 24.1 Å². The van der Waals surface area contributed by atoms with E-state index in [1.807, 2.05) is 12.1 Å². The first-order valence-electron chi connectivity index (χ1n) is 4.91. The lowest BCUT2D eigenvalue weighted by molar-refractivity contribution is 0.0683. The van der Waals surface area contributed by atoms with E-state index in [4.69, 9.17) is 5.11 Å². The number of rotatable bonds is 4. The van der Waals surface area contributed by atoms with Crippen LogP contribution >= 0.6 is 0 Å². The Bertz CT molecular complexity index is 479. The number of hydrogen-bond donors (Lipinski definition) is 1. The van der Waals surface area contributed by atoms with Gasteiger partial charge in [-0.1, -0.05) is 6.07 Å². The second kappa shape index (κ2) is 4.57. The molecule has 0 saturated heterocycles. The average molecular weight is 217 g/mol. The third kappa shape index (κ3) is 2.25. The summed E-state index contributed by atoms with van der Waals surface area (Å²) in [6, 6.07) is 5.30. The molecule has 2 heterocycles. The molecule has 0 aliphatic carbocycles. The topological polar surface area (TPSA) is 68.0 Å². The van der Waals surface area contributed by atoms with Crippen LogP contribution in [0.3, 0.4) is 0 Å². The van der Waals surface area contributed by atoms with Crippen LogP contribution in [-0.4, -0.2) is 25.8 Å². The number of carboxylic acid groups (broad SMARTS) is 1. The highest BCUT2D eigenvalue weighted by atomic mass is 16.4. The number of pyridine rings is 1. The first kappa shape index (κ1) is 10.4. The maximum Gasteiger partial charge on any atom is 0.354 e. The third-order valence-electron chi connectivity index (χ3n) is 2.27. The summed E-state index contributed by atoms with van der Waals surface area (Å²) in [5.74, 6) is -0.955. The van der Waals surface area contributed by atoms with E-state index >= 15 is 0 Å². The normalized spacial score (nSPS) is 10.2. The fourth-order valence-corrected chi connectivity index (χ4v) is 1.47. The lowest BCUT2D eigenvalue weighted by atomic mass is 10.2. The molecule has 0 saturated carbocycles. The molecule has 0 aromatic carbocycles. The molecule has 0 atom stereocenters. The predicted molar refractivity (Wildman–Crippen MR) is 57.1 cm³/mol. The van der Waals surface area contributed by atoms with Gasteiger partial charge in [0.15, 0.2) is 0 Å². The molecule has 1 N–H and O–H groups in total. The van der Waals surface area contributed by atoms with Crippen molar-refractivity contribution < 1.29 is 9.90 Å². The molecule has 5 heteroatoms. The van der Waals surface area contributed by atoms with E-state index < -0.39 is 5.97 Å². The highest BCUT2D eigenvalue weighted by Gasteiger charge is 2.09. The molecule has 5 nitrogen and oxygen atoms in total. The van der Waals surface area contributed by atoms with Gasteiger partial charge in [-0.15, -0.1) is 0 Å². The number of aromatic nitrogens is 3. The van der Waals surface area contributed by atoms with Crippen LogP contribution in [0.4, 0.5) is 0 Å². The lowest BCUT2D eigenvalue weighted by Crippen LogP contribution is -2.11. The van der Waals surface area contributed by atoms with E-state index in [1.54, 1.807) is 12.4 Å². The van der Waals surface area contributed by atoms with Crippen molar-refractivity contribution in [1.29, 1.82) is 0 Å². The SMILES string of the molecule is O=C(O)c1ccnn1CCc1cccnc1. The molecule has 2 aromatic rings. The maximum atomic E-state index is 10.8.